The van der Waals surface area contributed by atoms with Gasteiger partial charge >= 0.3 is 5.97 Å². The van der Waals surface area contributed by atoms with Crippen molar-refractivity contribution < 1.29 is 19.1 Å². The minimum absolute atomic E-state index is 0.0861. The second kappa shape index (κ2) is 8.86. The Morgan fingerprint density at radius 3 is 2.68 bits per heavy atom. The number of halogens is 2. The molecule has 0 saturated carbocycles. The van der Waals surface area contributed by atoms with Gasteiger partial charge in [-0.1, -0.05) is 48.0 Å². The van der Waals surface area contributed by atoms with E-state index in [0.29, 0.717) is 38.5 Å². The van der Waals surface area contributed by atoms with Gasteiger partial charge in [0, 0.05) is 7.11 Å². The molecule has 9 heteroatoms. The molecule has 0 unspecified atom stereocenters. The molecule has 0 N–H and O–H groups in total. The molecule has 0 aromatic heterocycles. The van der Waals surface area contributed by atoms with Crippen molar-refractivity contribution in [1.29, 1.82) is 0 Å². The third-order valence-corrected chi connectivity index (χ3v) is 6.58. The largest absolute Gasteiger partial charge is 0.460 e. The second-order valence-electron chi connectivity index (χ2n) is 6.32. The number of methoxy groups -OCH3 is 1. The third kappa shape index (κ3) is 3.94. The van der Waals surface area contributed by atoms with Crippen LogP contribution in [0.3, 0.4) is 0 Å². The SMILES string of the molecule is CC[C@H]1SC2=NC(C)=C(C(=O)OCCOC)[C@@H](c3ccc(Cl)c(Cl)c3)N2C1=O. The van der Waals surface area contributed by atoms with Crippen molar-refractivity contribution in [3.63, 3.8) is 0 Å². The third-order valence-electron chi connectivity index (χ3n) is 4.52. The number of carbonyl (C=O) groups is 2. The molecule has 1 fully saturated rings. The predicted molar refractivity (Wildman–Crippen MR) is 111 cm³/mol. The zero-order valence-electron chi connectivity index (χ0n) is 15.7. The number of amidine groups is 1. The summed E-state index contributed by atoms with van der Waals surface area (Å²) < 4.78 is 10.3. The number of amides is 1. The lowest BCUT2D eigenvalue weighted by molar-refractivity contribution is -0.141. The highest BCUT2D eigenvalue weighted by Gasteiger charge is 2.47. The van der Waals surface area contributed by atoms with Crippen LogP contribution in [0.5, 0.6) is 0 Å². The summed E-state index contributed by atoms with van der Waals surface area (Å²) in [4.78, 5) is 31.9. The van der Waals surface area contributed by atoms with E-state index < -0.39 is 12.0 Å². The van der Waals surface area contributed by atoms with Gasteiger partial charge in [-0.2, -0.15) is 0 Å². The molecule has 0 aliphatic carbocycles. The maximum Gasteiger partial charge on any atom is 0.338 e. The van der Waals surface area contributed by atoms with E-state index in [2.05, 4.69) is 4.99 Å². The zero-order chi connectivity index (χ0) is 20.4. The molecule has 150 valence electrons. The number of ether oxygens (including phenoxy) is 2. The Labute approximate surface area is 177 Å². The van der Waals surface area contributed by atoms with Crippen molar-refractivity contribution in [3.8, 4) is 0 Å². The van der Waals surface area contributed by atoms with Crippen LogP contribution in [0.2, 0.25) is 10.0 Å². The minimum atomic E-state index is -0.672. The number of hydrogen-bond donors (Lipinski definition) is 0. The predicted octanol–water partition coefficient (Wildman–Crippen LogP) is 4.22. The molecular formula is C19H20Cl2N2O4S. The molecule has 1 aromatic carbocycles. The van der Waals surface area contributed by atoms with Gasteiger partial charge in [-0.3, -0.25) is 9.69 Å². The average molecular weight is 443 g/mol. The van der Waals surface area contributed by atoms with Crippen molar-refractivity contribution in [3.05, 3.63) is 45.1 Å². The Balaban J connectivity index is 2.07. The fraction of sp³-hybridized carbons (Fsp3) is 0.421. The Morgan fingerprint density at radius 1 is 1.29 bits per heavy atom. The first-order valence-corrected chi connectivity index (χ1v) is 10.4. The number of rotatable bonds is 6. The number of benzene rings is 1. The van der Waals surface area contributed by atoms with Crippen LogP contribution in [0.15, 0.2) is 34.5 Å². The fourth-order valence-electron chi connectivity index (χ4n) is 3.14. The van der Waals surface area contributed by atoms with Gasteiger partial charge in [-0.25, -0.2) is 9.79 Å². The van der Waals surface area contributed by atoms with Crippen LogP contribution in [-0.2, 0) is 19.1 Å². The molecule has 0 spiro atoms. The maximum atomic E-state index is 13.0. The molecule has 0 radical (unpaired) electrons. The zero-order valence-corrected chi connectivity index (χ0v) is 18.0. The molecular weight excluding hydrogens is 423 g/mol. The first-order valence-electron chi connectivity index (χ1n) is 8.79. The first kappa shape index (κ1) is 21.2. The highest BCUT2D eigenvalue weighted by molar-refractivity contribution is 8.15. The lowest BCUT2D eigenvalue weighted by Crippen LogP contribution is -2.41. The molecule has 28 heavy (non-hydrogen) atoms. The van der Waals surface area contributed by atoms with Crippen LogP contribution in [0, 0.1) is 0 Å². The number of fused-ring (bicyclic) bond motifs is 1. The molecule has 2 heterocycles. The van der Waals surface area contributed by atoms with Gasteiger partial charge in [0.1, 0.15) is 6.61 Å². The first-order chi connectivity index (χ1) is 13.4. The normalized spacial score (nSPS) is 21.7. The summed E-state index contributed by atoms with van der Waals surface area (Å²) in [5, 5.41) is 1.09. The molecule has 3 rings (SSSR count). The van der Waals surface area contributed by atoms with Crippen molar-refractivity contribution in [2.24, 2.45) is 4.99 Å². The van der Waals surface area contributed by atoms with Crippen molar-refractivity contribution in [2.45, 2.75) is 31.6 Å². The number of esters is 1. The topological polar surface area (TPSA) is 68.2 Å². The van der Waals surface area contributed by atoms with E-state index in [1.165, 1.54) is 18.9 Å². The van der Waals surface area contributed by atoms with Gasteiger partial charge in [0.05, 0.1) is 39.2 Å². The standard InChI is InChI=1S/C19H20Cl2N2O4S/c1-4-14-17(24)23-16(11-5-6-12(20)13(21)9-11)15(10(2)22-19(23)28-14)18(25)27-8-7-26-3/h5-6,9,14,16H,4,7-8H2,1-3H3/t14-,16-/m1/s1. The second-order valence-corrected chi connectivity index (χ2v) is 8.31. The van der Waals surface area contributed by atoms with Crippen LogP contribution >= 0.6 is 35.0 Å². The Morgan fingerprint density at radius 2 is 2.04 bits per heavy atom. The van der Waals surface area contributed by atoms with Gasteiger partial charge in [0.15, 0.2) is 5.17 Å². The Bertz CT molecular complexity index is 871. The Hall–Kier alpha value is -1.54. The van der Waals surface area contributed by atoms with Crippen LogP contribution in [-0.4, -0.2) is 47.5 Å². The highest BCUT2D eigenvalue weighted by atomic mass is 35.5. The summed E-state index contributed by atoms with van der Waals surface area (Å²) in [6.07, 6.45) is 0.666. The van der Waals surface area contributed by atoms with E-state index in [9.17, 15) is 9.59 Å². The number of hydrogen-bond acceptors (Lipinski definition) is 6. The number of aliphatic imine (C=N–C) groups is 1. The molecule has 1 saturated heterocycles. The summed E-state index contributed by atoms with van der Waals surface area (Å²) in [6.45, 7) is 4.08. The van der Waals surface area contributed by atoms with Crippen molar-refractivity contribution in [1.82, 2.24) is 4.90 Å². The molecule has 0 bridgehead atoms. The van der Waals surface area contributed by atoms with E-state index in [1.54, 1.807) is 30.0 Å². The molecule has 2 atom stereocenters. The van der Waals surface area contributed by atoms with Crippen LogP contribution in [0.25, 0.3) is 0 Å². The van der Waals surface area contributed by atoms with Crippen LogP contribution in [0.4, 0.5) is 0 Å². The molecule has 2 aliphatic rings. The van der Waals surface area contributed by atoms with Crippen molar-refractivity contribution in [2.75, 3.05) is 20.3 Å². The van der Waals surface area contributed by atoms with Gasteiger partial charge in [0.2, 0.25) is 5.91 Å². The average Bonchev–Trinajstić information content (AvgIpc) is 2.98. The number of allylic oxidation sites excluding steroid dienone is 1. The molecule has 1 amide bonds. The molecule has 2 aliphatic heterocycles. The monoisotopic (exact) mass is 442 g/mol. The number of thioether (sulfide) groups is 1. The lowest BCUT2D eigenvalue weighted by atomic mass is 9.94. The summed E-state index contributed by atoms with van der Waals surface area (Å²) in [5.74, 6) is -0.622. The number of carbonyl (C=O) groups excluding carboxylic acids is 2. The molecule has 6 nitrogen and oxygen atoms in total. The van der Waals surface area contributed by atoms with Gasteiger partial charge in [-0.15, -0.1) is 0 Å². The lowest BCUT2D eigenvalue weighted by Gasteiger charge is -2.33. The van der Waals surface area contributed by atoms with E-state index in [-0.39, 0.29) is 24.4 Å². The smallest absolute Gasteiger partial charge is 0.338 e. The van der Waals surface area contributed by atoms with Crippen LogP contribution < -0.4 is 0 Å². The van der Waals surface area contributed by atoms with Crippen LogP contribution in [0.1, 0.15) is 31.9 Å². The summed E-state index contributed by atoms with van der Waals surface area (Å²) >= 11 is 13.7. The fourth-order valence-corrected chi connectivity index (χ4v) is 4.58. The summed E-state index contributed by atoms with van der Waals surface area (Å²) in [7, 11) is 1.53. The highest BCUT2D eigenvalue weighted by Crippen LogP contribution is 2.44. The van der Waals surface area contributed by atoms with Crippen molar-refractivity contribution >= 4 is 52.0 Å². The minimum Gasteiger partial charge on any atom is -0.460 e. The number of nitrogens with zero attached hydrogens (tertiary/aromatic N) is 2. The van der Waals surface area contributed by atoms with E-state index in [4.69, 9.17) is 32.7 Å². The molecule has 1 aromatic rings. The van der Waals surface area contributed by atoms with E-state index in [0.717, 1.165) is 0 Å². The van der Waals surface area contributed by atoms with E-state index in [1.807, 2.05) is 6.92 Å². The quantitative estimate of drug-likeness (QED) is 0.487. The van der Waals surface area contributed by atoms with Gasteiger partial charge in [0.25, 0.3) is 0 Å². The summed E-state index contributed by atoms with van der Waals surface area (Å²) in [6, 6.07) is 4.41. The maximum absolute atomic E-state index is 13.0. The Kier molecular flexibility index (Phi) is 6.70. The summed E-state index contributed by atoms with van der Waals surface area (Å²) in [5.41, 5.74) is 1.50. The van der Waals surface area contributed by atoms with E-state index >= 15 is 0 Å². The van der Waals surface area contributed by atoms with Gasteiger partial charge < -0.3 is 9.47 Å². The van der Waals surface area contributed by atoms with Gasteiger partial charge in [-0.05, 0) is 31.0 Å².